The van der Waals surface area contributed by atoms with Gasteiger partial charge in [-0.1, -0.05) is 37.3 Å². The van der Waals surface area contributed by atoms with E-state index in [4.69, 9.17) is 9.15 Å². The Morgan fingerprint density at radius 2 is 1.90 bits per heavy atom. The number of rotatable bonds is 8. The maximum absolute atomic E-state index is 5.55. The lowest BCUT2D eigenvalue weighted by atomic mass is 10.1. The SMILES string of the molecule is CCCN(C)c1nc(Nc2ccc(-c3cnco3)c(OC)c2)nc(-c2ccccc2)n1. The summed E-state index contributed by atoms with van der Waals surface area (Å²) in [5, 5.41) is 3.28. The van der Waals surface area contributed by atoms with Gasteiger partial charge in [0.1, 0.15) is 5.75 Å². The lowest BCUT2D eigenvalue weighted by Crippen LogP contribution is -2.21. The molecule has 2 aromatic heterocycles. The summed E-state index contributed by atoms with van der Waals surface area (Å²) in [5.74, 6) is 2.98. The molecule has 0 aliphatic rings. The second-order valence-electron chi connectivity index (χ2n) is 6.98. The predicted octanol–water partition coefficient (Wildman–Crippen LogP) is 4.79. The maximum Gasteiger partial charge on any atom is 0.232 e. The van der Waals surface area contributed by atoms with Crippen molar-refractivity contribution in [3.63, 3.8) is 0 Å². The zero-order valence-corrected chi connectivity index (χ0v) is 17.7. The Morgan fingerprint density at radius 1 is 1.06 bits per heavy atom. The van der Waals surface area contributed by atoms with E-state index >= 15 is 0 Å². The molecule has 0 saturated heterocycles. The van der Waals surface area contributed by atoms with Crippen LogP contribution in [-0.4, -0.2) is 40.6 Å². The van der Waals surface area contributed by atoms with Crippen LogP contribution in [0.2, 0.25) is 0 Å². The molecule has 2 aromatic carbocycles. The van der Waals surface area contributed by atoms with Gasteiger partial charge in [-0.25, -0.2) is 4.98 Å². The van der Waals surface area contributed by atoms with Gasteiger partial charge in [-0.05, 0) is 18.6 Å². The van der Waals surface area contributed by atoms with Crippen molar-refractivity contribution in [2.24, 2.45) is 0 Å². The van der Waals surface area contributed by atoms with Gasteiger partial charge in [0, 0.05) is 30.9 Å². The van der Waals surface area contributed by atoms with E-state index in [1.165, 1.54) is 6.39 Å². The molecular formula is C23H24N6O2. The fourth-order valence-corrected chi connectivity index (χ4v) is 3.19. The standard InChI is InChI=1S/C23H24N6O2/c1-4-12-29(2)23-27-21(16-8-6-5-7-9-16)26-22(28-23)25-17-10-11-18(19(13-17)30-3)20-14-24-15-31-20/h5-11,13-15H,4,12H2,1-3H3,(H,25,26,27,28). The Morgan fingerprint density at radius 3 is 2.61 bits per heavy atom. The number of ether oxygens (including phenoxy) is 1. The van der Waals surface area contributed by atoms with E-state index in [1.807, 2.05) is 60.5 Å². The quantitative estimate of drug-likeness (QED) is 0.438. The van der Waals surface area contributed by atoms with Crippen molar-refractivity contribution in [1.29, 1.82) is 0 Å². The van der Waals surface area contributed by atoms with E-state index in [2.05, 4.69) is 32.2 Å². The highest BCUT2D eigenvalue weighted by Gasteiger charge is 2.14. The monoisotopic (exact) mass is 416 g/mol. The predicted molar refractivity (Wildman–Crippen MR) is 121 cm³/mol. The van der Waals surface area contributed by atoms with Crippen LogP contribution in [0.3, 0.4) is 0 Å². The number of oxazole rings is 1. The molecule has 0 unspecified atom stereocenters. The molecule has 0 fully saturated rings. The summed E-state index contributed by atoms with van der Waals surface area (Å²) in [5.41, 5.74) is 2.53. The molecule has 8 nitrogen and oxygen atoms in total. The first-order chi connectivity index (χ1) is 15.2. The van der Waals surface area contributed by atoms with Crippen LogP contribution in [0.25, 0.3) is 22.7 Å². The summed E-state index contributed by atoms with van der Waals surface area (Å²) in [6, 6.07) is 15.6. The van der Waals surface area contributed by atoms with E-state index < -0.39 is 0 Å². The number of nitrogens with zero attached hydrogens (tertiary/aromatic N) is 5. The van der Waals surface area contributed by atoms with Crippen LogP contribution in [0.15, 0.2) is 65.5 Å². The Kier molecular flexibility index (Phi) is 6.07. The molecule has 4 aromatic rings. The minimum Gasteiger partial charge on any atom is -0.496 e. The molecular weight excluding hydrogens is 392 g/mol. The van der Waals surface area contributed by atoms with Crippen molar-refractivity contribution in [1.82, 2.24) is 19.9 Å². The number of methoxy groups -OCH3 is 1. The summed E-state index contributed by atoms with van der Waals surface area (Å²) in [7, 11) is 3.60. The molecule has 31 heavy (non-hydrogen) atoms. The summed E-state index contributed by atoms with van der Waals surface area (Å²) >= 11 is 0. The largest absolute Gasteiger partial charge is 0.496 e. The van der Waals surface area contributed by atoms with Gasteiger partial charge >= 0.3 is 0 Å². The normalized spacial score (nSPS) is 10.7. The number of aromatic nitrogens is 4. The number of hydrogen-bond acceptors (Lipinski definition) is 8. The van der Waals surface area contributed by atoms with E-state index in [9.17, 15) is 0 Å². The lowest BCUT2D eigenvalue weighted by Gasteiger charge is -2.18. The molecule has 0 bridgehead atoms. The average molecular weight is 416 g/mol. The molecule has 0 atom stereocenters. The summed E-state index contributed by atoms with van der Waals surface area (Å²) in [6.07, 6.45) is 4.04. The van der Waals surface area contributed by atoms with Crippen molar-refractivity contribution in [3.8, 4) is 28.5 Å². The Hall–Kier alpha value is -3.94. The molecule has 0 spiro atoms. The van der Waals surface area contributed by atoms with Crippen molar-refractivity contribution >= 4 is 17.6 Å². The van der Waals surface area contributed by atoms with Crippen LogP contribution < -0.4 is 15.0 Å². The van der Waals surface area contributed by atoms with Gasteiger partial charge in [0.2, 0.25) is 11.9 Å². The van der Waals surface area contributed by atoms with Gasteiger partial charge in [-0.15, -0.1) is 0 Å². The maximum atomic E-state index is 5.55. The number of benzene rings is 2. The van der Waals surface area contributed by atoms with Gasteiger partial charge in [-0.2, -0.15) is 15.0 Å². The van der Waals surface area contributed by atoms with E-state index in [0.717, 1.165) is 29.8 Å². The first-order valence-corrected chi connectivity index (χ1v) is 10.0. The van der Waals surface area contributed by atoms with Crippen LogP contribution in [0, 0.1) is 0 Å². The third-order valence-corrected chi connectivity index (χ3v) is 4.71. The molecule has 0 aliphatic carbocycles. The third kappa shape index (κ3) is 4.63. The van der Waals surface area contributed by atoms with Gasteiger partial charge in [0.25, 0.3) is 0 Å². The van der Waals surface area contributed by atoms with Gasteiger partial charge in [-0.3, -0.25) is 0 Å². The highest BCUT2D eigenvalue weighted by atomic mass is 16.5. The second-order valence-corrected chi connectivity index (χ2v) is 6.98. The minimum absolute atomic E-state index is 0.460. The number of hydrogen-bond donors (Lipinski definition) is 1. The summed E-state index contributed by atoms with van der Waals surface area (Å²) in [4.78, 5) is 19.9. The van der Waals surface area contributed by atoms with Crippen molar-refractivity contribution in [2.45, 2.75) is 13.3 Å². The fraction of sp³-hybridized carbons (Fsp3) is 0.217. The first kappa shape index (κ1) is 20.3. The fourth-order valence-electron chi connectivity index (χ4n) is 3.19. The number of nitrogens with one attached hydrogen (secondary N) is 1. The zero-order chi connectivity index (χ0) is 21.6. The molecule has 0 radical (unpaired) electrons. The second kappa shape index (κ2) is 9.25. The Balaban J connectivity index is 1.69. The molecule has 158 valence electrons. The van der Waals surface area contributed by atoms with Crippen LogP contribution >= 0.6 is 0 Å². The minimum atomic E-state index is 0.460. The van der Waals surface area contributed by atoms with E-state index in [0.29, 0.717) is 29.2 Å². The highest BCUT2D eigenvalue weighted by molar-refractivity contribution is 5.71. The molecule has 0 amide bonds. The topological polar surface area (TPSA) is 89.2 Å². The first-order valence-electron chi connectivity index (χ1n) is 10.0. The van der Waals surface area contributed by atoms with Crippen LogP contribution in [-0.2, 0) is 0 Å². The molecule has 0 aliphatic heterocycles. The summed E-state index contributed by atoms with van der Waals surface area (Å²) < 4.78 is 10.9. The van der Waals surface area contributed by atoms with E-state index in [1.54, 1.807) is 13.3 Å². The third-order valence-electron chi connectivity index (χ3n) is 4.71. The van der Waals surface area contributed by atoms with Crippen molar-refractivity contribution in [3.05, 3.63) is 61.1 Å². The Labute approximate surface area is 181 Å². The van der Waals surface area contributed by atoms with Gasteiger partial charge in [0.15, 0.2) is 18.0 Å². The molecule has 8 heteroatoms. The summed E-state index contributed by atoms with van der Waals surface area (Å²) in [6.45, 7) is 2.97. The van der Waals surface area contributed by atoms with Crippen molar-refractivity contribution in [2.75, 3.05) is 30.9 Å². The number of anilines is 3. The van der Waals surface area contributed by atoms with Crippen LogP contribution in [0.5, 0.6) is 5.75 Å². The Bertz CT molecular complexity index is 1130. The highest BCUT2D eigenvalue weighted by Crippen LogP contribution is 2.33. The van der Waals surface area contributed by atoms with Gasteiger partial charge in [0.05, 0.1) is 18.9 Å². The van der Waals surface area contributed by atoms with E-state index in [-0.39, 0.29) is 0 Å². The van der Waals surface area contributed by atoms with Gasteiger partial charge < -0.3 is 19.4 Å². The van der Waals surface area contributed by atoms with Crippen molar-refractivity contribution < 1.29 is 9.15 Å². The molecule has 0 saturated carbocycles. The van der Waals surface area contributed by atoms with Crippen LogP contribution in [0.4, 0.5) is 17.6 Å². The lowest BCUT2D eigenvalue weighted by molar-refractivity contribution is 0.415. The van der Waals surface area contributed by atoms with Crippen LogP contribution in [0.1, 0.15) is 13.3 Å². The smallest absolute Gasteiger partial charge is 0.232 e. The molecule has 1 N–H and O–H groups in total. The average Bonchev–Trinajstić information content (AvgIpc) is 3.34. The molecule has 4 rings (SSSR count). The molecule has 2 heterocycles. The zero-order valence-electron chi connectivity index (χ0n) is 17.7.